The predicted octanol–water partition coefficient (Wildman–Crippen LogP) is 3.55. The Labute approximate surface area is 177 Å². The number of nitro benzene ring substituents is 1. The lowest BCUT2D eigenvalue weighted by molar-refractivity contribution is -0.384. The molecule has 0 radical (unpaired) electrons. The number of nitrogens with zero attached hydrogens (tertiary/aromatic N) is 2. The van der Waals surface area contributed by atoms with Crippen molar-refractivity contribution in [3.63, 3.8) is 0 Å². The monoisotopic (exact) mass is 433 g/mol. The van der Waals surface area contributed by atoms with E-state index in [1.807, 2.05) is 39.0 Å². The molecule has 1 amide bonds. The molecule has 2 aromatic carbocycles. The third-order valence-corrected chi connectivity index (χ3v) is 6.16. The second-order valence-corrected chi connectivity index (χ2v) is 9.28. The summed E-state index contributed by atoms with van der Waals surface area (Å²) in [5.74, 6) is -0.489. The summed E-state index contributed by atoms with van der Waals surface area (Å²) in [5, 5.41) is 14.0. The largest absolute Gasteiger partial charge is 0.348 e. The molecule has 1 atom stereocenters. The van der Waals surface area contributed by atoms with Crippen LogP contribution in [0.15, 0.2) is 36.4 Å². The molecule has 9 heteroatoms. The average Bonchev–Trinajstić information content (AvgIpc) is 2.66. The molecule has 1 N–H and O–H groups in total. The van der Waals surface area contributed by atoms with Crippen LogP contribution in [0.1, 0.15) is 41.6 Å². The Hall–Kier alpha value is -2.94. The summed E-state index contributed by atoms with van der Waals surface area (Å²) in [7, 11) is -3.85. The van der Waals surface area contributed by atoms with Crippen LogP contribution in [0.25, 0.3) is 0 Å². The maximum absolute atomic E-state index is 12.7. The molecule has 162 valence electrons. The zero-order chi connectivity index (χ0) is 22.6. The van der Waals surface area contributed by atoms with Gasteiger partial charge < -0.3 is 5.32 Å². The molecule has 8 nitrogen and oxygen atoms in total. The molecule has 30 heavy (non-hydrogen) atoms. The Morgan fingerprint density at radius 2 is 1.73 bits per heavy atom. The van der Waals surface area contributed by atoms with Gasteiger partial charge in [0.1, 0.15) is 6.54 Å². The number of non-ortho nitro benzene ring substituents is 1. The van der Waals surface area contributed by atoms with Crippen LogP contribution in [-0.4, -0.2) is 32.0 Å². The SMILES string of the molecule is CC[C@@H](NC(=O)CN(c1cc([N+](=O)[O-])ccc1C)S(C)(=O)=O)c1ccc(C)c(C)c1. The van der Waals surface area contributed by atoms with Crippen molar-refractivity contribution in [1.29, 1.82) is 0 Å². The van der Waals surface area contributed by atoms with E-state index in [4.69, 9.17) is 0 Å². The topological polar surface area (TPSA) is 110 Å². The van der Waals surface area contributed by atoms with Gasteiger partial charge in [-0.05, 0) is 49.4 Å². The van der Waals surface area contributed by atoms with Gasteiger partial charge in [-0.2, -0.15) is 0 Å². The van der Waals surface area contributed by atoms with Gasteiger partial charge in [0.25, 0.3) is 5.69 Å². The lowest BCUT2D eigenvalue weighted by atomic mass is 9.99. The molecule has 0 heterocycles. The first-order valence-corrected chi connectivity index (χ1v) is 11.4. The number of benzene rings is 2. The van der Waals surface area contributed by atoms with Gasteiger partial charge in [0.05, 0.1) is 22.9 Å². The summed E-state index contributed by atoms with van der Waals surface area (Å²) in [4.78, 5) is 23.3. The molecular formula is C21H27N3O5S. The molecule has 0 unspecified atom stereocenters. The highest BCUT2D eigenvalue weighted by molar-refractivity contribution is 7.92. The molecule has 0 spiro atoms. The molecule has 0 aliphatic rings. The number of nitro groups is 1. The second kappa shape index (κ2) is 9.25. The normalized spacial score (nSPS) is 12.3. The van der Waals surface area contributed by atoms with Crippen molar-refractivity contribution in [3.8, 4) is 0 Å². The highest BCUT2D eigenvalue weighted by Gasteiger charge is 2.25. The van der Waals surface area contributed by atoms with Gasteiger partial charge in [-0.3, -0.25) is 19.2 Å². The van der Waals surface area contributed by atoms with Gasteiger partial charge in [-0.15, -0.1) is 0 Å². The van der Waals surface area contributed by atoms with Crippen molar-refractivity contribution < 1.29 is 18.1 Å². The third kappa shape index (κ3) is 5.56. The van der Waals surface area contributed by atoms with Crippen LogP contribution in [0.2, 0.25) is 0 Å². The predicted molar refractivity (Wildman–Crippen MR) is 117 cm³/mol. The lowest BCUT2D eigenvalue weighted by Gasteiger charge is -2.25. The number of carbonyl (C=O) groups is 1. The van der Waals surface area contributed by atoms with E-state index in [1.165, 1.54) is 18.2 Å². The van der Waals surface area contributed by atoms with Gasteiger partial charge >= 0.3 is 0 Å². The lowest BCUT2D eigenvalue weighted by Crippen LogP contribution is -2.41. The Bertz CT molecular complexity index is 1070. The average molecular weight is 434 g/mol. The number of nitrogens with one attached hydrogen (secondary N) is 1. The Morgan fingerprint density at radius 3 is 2.27 bits per heavy atom. The highest BCUT2D eigenvalue weighted by Crippen LogP contribution is 2.27. The van der Waals surface area contributed by atoms with Crippen LogP contribution in [0.4, 0.5) is 11.4 Å². The Balaban J connectivity index is 2.31. The van der Waals surface area contributed by atoms with Crippen LogP contribution >= 0.6 is 0 Å². The standard InChI is InChI=1S/C21H27N3O5S/c1-6-19(17-9-7-14(2)16(4)11-17)22-21(25)13-23(30(5,28)29)20-12-18(24(26)27)10-8-15(20)3/h7-12,19H,6,13H2,1-5H3,(H,22,25)/t19-/m1/s1. The summed E-state index contributed by atoms with van der Waals surface area (Å²) in [6.07, 6.45) is 1.60. The first-order valence-electron chi connectivity index (χ1n) is 9.53. The van der Waals surface area contributed by atoms with E-state index in [2.05, 4.69) is 5.32 Å². The molecule has 0 aromatic heterocycles. The summed E-state index contributed by atoms with van der Waals surface area (Å²) >= 11 is 0. The smallest absolute Gasteiger partial charge is 0.271 e. The van der Waals surface area contributed by atoms with Crippen LogP contribution < -0.4 is 9.62 Å². The van der Waals surface area contributed by atoms with Crippen LogP contribution in [0.5, 0.6) is 0 Å². The summed E-state index contributed by atoms with van der Waals surface area (Å²) in [6, 6.07) is 9.58. The van der Waals surface area contributed by atoms with E-state index in [9.17, 15) is 23.3 Å². The molecular weight excluding hydrogens is 406 g/mol. The number of hydrogen-bond acceptors (Lipinski definition) is 5. The van der Waals surface area contributed by atoms with Crippen molar-refractivity contribution in [3.05, 3.63) is 68.8 Å². The molecule has 0 fully saturated rings. The van der Waals surface area contributed by atoms with E-state index in [1.54, 1.807) is 6.92 Å². The van der Waals surface area contributed by atoms with Crippen molar-refractivity contribution in [1.82, 2.24) is 5.32 Å². The van der Waals surface area contributed by atoms with Gasteiger partial charge in [0.15, 0.2) is 0 Å². The van der Waals surface area contributed by atoms with Gasteiger partial charge in [-0.1, -0.05) is 31.2 Å². The molecule has 0 aliphatic heterocycles. The van der Waals surface area contributed by atoms with Crippen LogP contribution in [-0.2, 0) is 14.8 Å². The molecule has 2 rings (SSSR count). The number of carbonyl (C=O) groups excluding carboxylic acids is 1. The zero-order valence-corrected chi connectivity index (χ0v) is 18.6. The van der Waals surface area contributed by atoms with E-state index in [-0.39, 0.29) is 17.4 Å². The first kappa shape index (κ1) is 23.3. The van der Waals surface area contributed by atoms with Gasteiger partial charge in [-0.25, -0.2) is 8.42 Å². The minimum atomic E-state index is -3.85. The van der Waals surface area contributed by atoms with Crippen LogP contribution in [0, 0.1) is 30.9 Å². The highest BCUT2D eigenvalue weighted by atomic mass is 32.2. The molecule has 0 aliphatic carbocycles. The summed E-state index contributed by atoms with van der Waals surface area (Å²) < 4.78 is 25.7. The van der Waals surface area contributed by atoms with Crippen molar-refractivity contribution in [2.24, 2.45) is 0 Å². The number of hydrogen-bond donors (Lipinski definition) is 1. The fraction of sp³-hybridized carbons (Fsp3) is 0.381. The zero-order valence-electron chi connectivity index (χ0n) is 17.8. The van der Waals surface area contributed by atoms with E-state index in [0.717, 1.165) is 27.3 Å². The first-order chi connectivity index (χ1) is 13.9. The van der Waals surface area contributed by atoms with E-state index >= 15 is 0 Å². The van der Waals surface area contributed by atoms with Crippen molar-refractivity contribution >= 4 is 27.3 Å². The number of rotatable bonds is 8. The Kier molecular flexibility index (Phi) is 7.20. The van der Waals surface area contributed by atoms with E-state index < -0.39 is 27.4 Å². The third-order valence-electron chi connectivity index (χ3n) is 5.04. The van der Waals surface area contributed by atoms with Gasteiger partial charge in [0, 0.05) is 12.1 Å². The fourth-order valence-corrected chi connectivity index (χ4v) is 4.04. The number of amides is 1. The molecule has 0 saturated heterocycles. The number of aryl methyl sites for hydroxylation is 3. The van der Waals surface area contributed by atoms with Gasteiger partial charge in [0.2, 0.25) is 15.9 Å². The Morgan fingerprint density at radius 1 is 1.10 bits per heavy atom. The number of sulfonamides is 1. The molecule has 0 bridgehead atoms. The van der Waals surface area contributed by atoms with Crippen molar-refractivity contribution in [2.45, 2.75) is 40.2 Å². The second-order valence-electron chi connectivity index (χ2n) is 7.37. The summed E-state index contributed by atoms with van der Waals surface area (Å²) in [6.45, 7) is 7.09. The number of anilines is 1. The molecule has 0 saturated carbocycles. The fourth-order valence-electron chi connectivity index (χ4n) is 3.13. The quantitative estimate of drug-likeness (QED) is 0.506. The molecule has 2 aromatic rings. The minimum absolute atomic E-state index is 0.112. The minimum Gasteiger partial charge on any atom is -0.348 e. The maximum atomic E-state index is 12.7. The summed E-state index contributed by atoms with van der Waals surface area (Å²) in [5.41, 5.74) is 3.56. The van der Waals surface area contributed by atoms with E-state index in [0.29, 0.717) is 12.0 Å². The van der Waals surface area contributed by atoms with Crippen molar-refractivity contribution in [2.75, 3.05) is 17.1 Å². The maximum Gasteiger partial charge on any atom is 0.271 e. The van der Waals surface area contributed by atoms with Crippen LogP contribution in [0.3, 0.4) is 0 Å².